The predicted octanol–water partition coefficient (Wildman–Crippen LogP) is 4.70. The lowest BCUT2D eigenvalue weighted by Gasteiger charge is -2.27. The van der Waals surface area contributed by atoms with Crippen molar-refractivity contribution in [3.63, 3.8) is 0 Å². The first-order valence-corrected chi connectivity index (χ1v) is 12.3. The van der Waals surface area contributed by atoms with Crippen LogP contribution < -0.4 is 26.4 Å². The van der Waals surface area contributed by atoms with Crippen LogP contribution in [0.2, 0.25) is 5.02 Å². The molecule has 4 rings (SSSR count). The number of rotatable bonds is 7. The molecule has 2 heterocycles. The summed E-state index contributed by atoms with van der Waals surface area (Å²) < 4.78 is 20.3. The molecule has 1 aromatic heterocycles. The van der Waals surface area contributed by atoms with Crippen LogP contribution in [0.1, 0.15) is 53.0 Å². The largest absolute Gasteiger partial charge is 0.489 e. The molecule has 0 saturated carbocycles. The van der Waals surface area contributed by atoms with Crippen LogP contribution in [-0.2, 0) is 5.54 Å². The molecular formula is C27H29ClFN5O3. The topological polar surface area (TPSA) is 118 Å². The highest BCUT2D eigenvalue weighted by Gasteiger charge is 2.24. The van der Waals surface area contributed by atoms with Crippen LogP contribution in [0.3, 0.4) is 0 Å². The summed E-state index contributed by atoms with van der Waals surface area (Å²) in [6.07, 6.45) is 2.93. The van der Waals surface area contributed by atoms with Crippen molar-refractivity contribution in [2.24, 2.45) is 5.73 Å². The smallest absolute Gasteiger partial charge is 0.259 e. The molecule has 0 bridgehead atoms. The Morgan fingerprint density at radius 2 is 1.78 bits per heavy atom. The number of benzene rings is 2. The summed E-state index contributed by atoms with van der Waals surface area (Å²) >= 11 is 5.84. The van der Waals surface area contributed by atoms with Gasteiger partial charge >= 0.3 is 0 Å². The fraction of sp³-hybridized carbons (Fsp3) is 0.296. The average Bonchev–Trinajstić information content (AvgIpc) is 2.86. The second kappa shape index (κ2) is 11.2. The van der Waals surface area contributed by atoms with Gasteiger partial charge in [-0.15, -0.1) is 0 Å². The number of hydrogen-bond acceptors (Lipinski definition) is 6. The molecule has 1 aliphatic heterocycles. The number of hydrogen-bond donors (Lipinski definition) is 4. The molecule has 3 aromatic rings. The highest BCUT2D eigenvalue weighted by Crippen LogP contribution is 2.29. The van der Waals surface area contributed by atoms with Crippen LogP contribution in [0.5, 0.6) is 5.75 Å². The maximum Gasteiger partial charge on any atom is 0.259 e. The van der Waals surface area contributed by atoms with Crippen LogP contribution in [-0.4, -0.2) is 36.0 Å². The van der Waals surface area contributed by atoms with Gasteiger partial charge in [-0.3, -0.25) is 9.59 Å². The summed E-state index contributed by atoms with van der Waals surface area (Å²) in [7, 11) is 0. The van der Waals surface area contributed by atoms with Crippen molar-refractivity contribution in [1.82, 2.24) is 10.3 Å². The monoisotopic (exact) mass is 525 g/mol. The lowest BCUT2D eigenvalue weighted by atomic mass is 9.94. The summed E-state index contributed by atoms with van der Waals surface area (Å²) in [6.45, 7) is 5.39. The van der Waals surface area contributed by atoms with Gasteiger partial charge in [-0.2, -0.15) is 0 Å². The Balaban J connectivity index is 1.61. The Morgan fingerprint density at radius 3 is 2.46 bits per heavy atom. The number of pyridine rings is 1. The zero-order valence-corrected chi connectivity index (χ0v) is 21.4. The summed E-state index contributed by atoms with van der Waals surface area (Å²) in [5, 5.41) is 9.01. The van der Waals surface area contributed by atoms with E-state index in [-0.39, 0.29) is 28.7 Å². The number of carbonyl (C=O) groups excluding carboxylic acids is 2. The molecule has 1 aliphatic rings. The van der Waals surface area contributed by atoms with Crippen molar-refractivity contribution < 1.29 is 18.7 Å². The van der Waals surface area contributed by atoms with E-state index >= 15 is 0 Å². The zero-order chi connectivity index (χ0) is 26.6. The van der Waals surface area contributed by atoms with Gasteiger partial charge in [-0.05, 0) is 87.8 Å². The standard InChI is InChI=1S/C27H29ClFN5O3/c1-27(2,30)16-3-6-20(23(13-16)37-19-9-11-31-12-10-19)25(35)33-22-7-5-18(29)14-21(22)26(36)34-24-8-4-17(28)15-32-24/h3-8,13-15,19,31H,9-12,30H2,1-2H3,(H,33,35)(H,32,34,36). The normalized spacial score (nSPS) is 14.2. The molecule has 37 heavy (non-hydrogen) atoms. The molecule has 0 radical (unpaired) electrons. The molecule has 2 aromatic carbocycles. The van der Waals surface area contributed by atoms with E-state index in [1.165, 1.54) is 24.4 Å². The molecule has 0 atom stereocenters. The molecule has 0 unspecified atom stereocenters. The minimum atomic E-state index is -0.643. The third-order valence-corrected chi connectivity index (χ3v) is 6.22. The van der Waals surface area contributed by atoms with Crippen LogP contribution in [0.25, 0.3) is 0 Å². The quantitative estimate of drug-likeness (QED) is 0.355. The molecular weight excluding hydrogens is 497 g/mol. The van der Waals surface area contributed by atoms with Crippen LogP contribution >= 0.6 is 11.6 Å². The molecule has 8 nitrogen and oxygen atoms in total. The SMILES string of the molecule is CC(C)(N)c1ccc(C(=O)Nc2ccc(F)cc2C(=O)Nc2ccc(Cl)cn2)c(OC2CCNCC2)c1. The van der Waals surface area contributed by atoms with E-state index < -0.39 is 23.2 Å². The Labute approximate surface area is 219 Å². The maximum atomic E-state index is 14.1. The number of amides is 2. The van der Waals surface area contributed by atoms with E-state index in [1.54, 1.807) is 24.3 Å². The number of ether oxygens (including phenoxy) is 1. The molecule has 1 saturated heterocycles. The van der Waals surface area contributed by atoms with Crippen molar-refractivity contribution in [1.29, 1.82) is 0 Å². The second-order valence-electron chi connectivity index (χ2n) is 9.46. The van der Waals surface area contributed by atoms with Crippen molar-refractivity contribution in [2.45, 2.75) is 38.3 Å². The van der Waals surface area contributed by atoms with Gasteiger partial charge in [-0.25, -0.2) is 9.37 Å². The number of halogens is 2. The fourth-order valence-corrected chi connectivity index (χ4v) is 4.05. The third-order valence-electron chi connectivity index (χ3n) is 5.99. The lowest BCUT2D eigenvalue weighted by Crippen LogP contribution is -2.35. The van der Waals surface area contributed by atoms with Gasteiger partial charge in [0, 0.05) is 11.7 Å². The maximum absolute atomic E-state index is 14.1. The van der Waals surface area contributed by atoms with E-state index in [9.17, 15) is 14.0 Å². The summed E-state index contributed by atoms with van der Waals surface area (Å²) in [6, 6.07) is 11.8. The minimum absolute atomic E-state index is 0.0528. The number of piperidine rings is 1. The third kappa shape index (κ3) is 6.82. The van der Waals surface area contributed by atoms with Gasteiger partial charge in [-0.1, -0.05) is 17.7 Å². The first-order valence-electron chi connectivity index (χ1n) is 11.9. The Kier molecular flexibility index (Phi) is 8.06. The van der Waals surface area contributed by atoms with Crippen molar-refractivity contribution in [2.75, 3.05) is 23.7 Å². The lowest BCUT2D eigenvalue weighted by molar-refractivity contribution is 0.101. The molecule has 10 heteroatoms. The highest BCUT2D eigenvalue weighted by atomic mass is 35.5. The molecule has 194 valence electrons. The molecule has 0 aliphatic carbocycles. The number of nitrogens with zero attached hydrogens (tertiary/aromatic N) is 1. The molecule has 2 amide bonds. The van der Waals surface area contributed by atoms with Gasteiger partial charge in [0.2, 0.25) is 0 Å². The van der Waals surface area contributed by atoms with Crippen molar-refractivity contribution in [3.8, 4) is 5.75 Å². The van der Waals surface area contributed by atoms with E-state index in [0.29, 0.717) is 10.8 Å². The van der Waals surface area contributed by atoms with Gasteiger partial charge in [0.25, 0.3) is 11.8 Å². The molecule has 0 spiro atoms. The number of nitrogens with two attached hydrogens (primary N) is 1. The van der Waals surface area contributed by atoms with Crippen LogP contribution in [0, 0.1) is 5.82 Å². The minimum Gasteiger partial charge on any atom is -0.489 e. The van der Waals surface area contributed by atoms with E-state index in [0.717, 1.165) is 37.6 Å². The second-order valence-corrected chi connectivity index (χ2v) is 9.90. The van der Waals surface area contributed by atoms with Gasteiger partial charge in [0.15, 0.2) is 0 Å². The van der Waals surface area contributed by atoms with Gasteiger partial charge in [0.1, 0.15) is 23.5 Å². The Morgan fingerprint density at radius 1 is 1.05 bits per heavy atom. The number of carbonyl (C=O) groups is 2. The van der Waals surface area contributed by atoms with E-state index in [4.69, 9.17) is 22.1 Å². The first-order chi connectivity index (χ1) is 17.6. The fourth-order valence-electron chi connectivity index (χ4n) is 3.94. The highest BCUT2D eigenvalue weighted by molar-refractivity contribution is 6.30. The number of aromatic nitrogens is 1. The summed E-state index contributed by atoms with van der Waals surface area (Å²) in [5.74, 6) is -1.14. The number of anilines is 2. The summed E-state index contributed by atoms with van der Waals surface area (Å²) in [4.78, 5) is 30.4. The van der Waals surface area contributed by atoms with Gasteiger partial charge < -0.3 is 26.4 Å². The van der Waals surface area contributed by atoms with Crippen molar-refractivity contribution in [3.05, 3.63) is 82.3 Å². The zero-order valence-electron chi connectivity index (χ0n) is 20.6. The summed E-state index contributed by atoms with van der Waals surface area (Å²) in [5.41, 5.74) is 6.81. The average molecular weight is 526 g/mol. The molecule has 1 fully saturated rings. The Bertz CT molecular complexity index is 1290. The van der Waals surface area contributed by atoms with E-state index in [1.807, 2.05) is 13.8 Å². The van der Waals surface area contributed by atoms with Gasteiger partial charge in [0.05, 0.1) is 21.8 Å². The number of nitrogens with one attached hydrogen (secondary N) is 3. The van der Waals surface area contributed by atoms with Crippen molar-refractivity contribution >= 4 is 34.9 Å². The van der Waals surface area contributed by atoms with E-state index in [2.05, 4.69) is 20.9 Å². The molecule has 5 N–H and O–H groups in total. The predicted molar refractivity (Wildman–Crippen MR) is 142 cm³/mol. The first kappa shape index (κ1) is 26.5. The Hall–Kier alpha value is -3.53. The van der Waals surface area contributed by atoms with Crippen LogP contribution in [0.15, 0.2) is 54.7 Å². The van der Waals surface area contributed by atoms with Crippen LogP contribution in [0.4, 0.5) is 15.9 Å².